The lowest BCUT2D eigenvalue weighted by Gasteiger charge is -2.28. The van der Waals surface area contributed by atoms with Crippen molar-refractivity contribution in [2.75, 3.05) is 11.3 Å². The van der Waals surface area contributed by atoms with Gasteiger partial charge < -0.3 is 19.9 Å². The van der Waals surface area contributed by atoms with E-state index in [-0.39, 0.29) is 34.3 Å². The summed E-state index contributed by atoms with van der Waals surface area (Å²) >= 11 is 0. The van der Waals surface area contributed by atoms with E-state index in [1.807, 2.05) is 32.0 Å². The molecule has 50 heavy (non-hydrogen) atoms. The molecule has 1 aliphatic carbocycles. The molecule has 4 rings (SSSR count). The van der Waals surface area contributed by atoms with E-state index in [4.69, 9.17) is 14.5 Å². The molecular formula is C38H50N4O7S. The fraction of sp³-hybridized carbons (Fsp3) is 0.474. The standard InChI is InChI=1S/C38H50N4O7S/c1-24-14-12-17-27(20-26-15-10-9-11-16-26)31(24)32-25(2)33(48-23-29(22-37(3,4)5)39-36(45)49-38(6,7)8)41-35(40-32)42-50(46,47)30-19-13-18-28(21-30)34(43)44/h12-14,17-21,29H,9-11,15-16,22-23H2,1-8H3,(H,39,45)(H,43,44)(H,40,41,42)/t29-/m1/s1. The fourth-order valence-electron chi connectivity index (χ4n) is 5.95. The van der Waals surface area contributed by atoms with Gasteiger partial charge in [-0.15, -0.1) is 0 Å². The maximum absolute atomic E-state index is 13.6. The number of allylic oxidation sites excluding steroid dienone is 1. The van der Waals surface area contributed by atoms with E-state index in [0.717, 1.165) is 48.4 Å². The molecule has 0 spiro atoms. The number of carboxylic acids is 1. The summed E-state index contributed by atoms with van der Waals surface area (Å²) in [6.45, 7) is 15.3. The van der Waals surface area contributed by atoms with Gasteiger partial charge in [0.15, 0.2) is 0 Å². The van der Waals surface area contributed by atoms with Gasteiger partial charge in [0, 0.05) is 11.1 Å². The first-order valence-electron chi connectivity index (χ1n) is 17.0. The van der Waals surface area contributed by atoms with Crippen molar-refractivity contribution >= 4 is 34.1 Å². The molecule has 0 unspecified atom stereocenters. The molecule has 11 nitrogen and oxygen atoms in total. The number of aryl methyl sites for hydroxylation is 1. The number of aromatic carboxylic acids is 1. The molecule has 1 amide bonds. The lowest BCUT2D eigenvalue weighted by atomic mass is 9.88. The van der Waals surface area contributed by atoms with Crippen molar-refractivity contribution in [3.8, 4) is 17.1 Å². The number of nitrogens with one attached hydrogen (secondary N) is 2. The molecule has 1 aliphatic rings. The fourth-order valence-corrected chi connectivity index (χ4v) is 6.94. The molecule has 1 aromatic heterocycles. The number of rotatable bonds is 11. The second-order valence-electron chi connectivity index (χ2n) is 15.1. The number of hydrogen-bond donors (Lipinski definition) is 3. The van der Waals surface area contributed by atoms with E-state index in [2.05, 4.69) is 41.9 Å². The van der Waals surface area contributed by atoms with Crippen molar-refractivity contribution in [1.82, 2.24) is 15.3 Å². The number of anilines is 1. The largest absolute Gasteiger partial charge is 0.478 e. The summed E-state index contributed by atoms with van der Waals surface area (Å²) in [7, 11) is -4.31. The smallest absolute Gasteiger partial charge is 0.407 e. The minimum absolute atomic E-state index is 0.0192. The molecule has 2 aromatic carbocycles. The van der Waals surface area contributed by atoms with Crippen LogP contribution >= 0.6 is 0 Å². The zero-order valence-corrected chi connectivity index (χ0v) is 31.2. The van der Waals surface area contributed by atoms with E-state index in [9.17, 15) is 23.1 Å². The van der Waals surface area contributed by atoms with E-state index in [1.54, 1.807) is 20.8 Å². The van der Waals surface area contributed by atoms with Gasteiger partial charge in [0.1, 0.15) is 12.2 Å². The van der Waals surface area contributed by atoms with Crippen LogP contribution in [0, 0.1) is 19.3 Å². The molecule has 3 aromatic rings. The van der Waals surface area contributed by atoms with Crippen LogP contribution in [0.5, 0.6) is 5.88 Å². The highest BCUT2D eigenvalue weighted by molar-refractivity contribution is 7.92. The summed E-state index contributed by atoms with van der Waals surface area (Å²) < 4.78 is 41.5. The Hall–Kier alpha value is -4.45. The van der Waals surface area contributed by atoms with Crippen LogP contribution in [0.15, 0.2) is 52.9 Å². The van der Waals surface area contributed by atoms with Crippen molar-refractivity contribution in [2.45, 2.75) is 110 Å². The van der Waals surface area contributed by atoms with E-state index in [0.29, 0.717) is 17.7 Å². The summed E-state index contributed by atoms with van der Waals surface area (Å²) in [4.78, 5) is 33.4. The molecule has 1 saturated carbocycles. The summed E-state index contributed by atoms with van der Waals surface area (Å²) in [6, 6.07) is 10.6. The predicted octanol–water partition coefficient (Wildman–Crippen LogP) is 8.32. The molecule has 0 aliphatic heterocycles. The Morgan fingerprint density at radius 1 is 0.980 bits per heavy atom. The Bertz CT molecular complexity index is 1850. The second kappa shape index (κ2) is 15.6. The lowest BCUT2D eigenvalue weighted by Crippen LogP contribution is -2.44. The van der Waals surface area contributed by atoms with Crippen LogP contribution in [0.3, 0.4) is 0 Å². The maximum atomic E-state index is 13.6. The number of carbonyl (C=O) groups is 2. The number of ether oxygens (including phenoxy) is 2. The molecule has 1 fully saturated rings. The molecule has 3 N–H and O–H groups in total. The Morgan fingerprint density at radius 2 is 1.66 bits per heavy atom. The lowest BCUT2D eigenvalue weighted by molar-refractivity contribution is 0.0470. The zero-order valence-electron chi connectivity index (χ0n) is 30.3. The zero-order chi connectivity index (χ0) is 36.9. The van der Waals surface area contributed by atoms with Gasteiger partial charge in [-0.3, -0.25) is 0 Å². The van der Waals surface area contributed by atoms with Crippen molar-refractivity contribution in [3.05, 3.63) is 70.3 Å². The van der Waals surface area contributed by atoms with Crippen LogP contribution in [-0.2, 0) is 14.8 Å². The first-order chi connectivity index (χ1) is 23.3. The number of carboxylic acid groups (broad SMARTS) is 1. The van der Waals surface area contributed by atoms with Crippen molar-refractivity contribution in [2.24, 2.45) is 5.41 Å². The van der Waals surface area contributed by atoms with Gasteiger partial charge in [0.25, 0.3) is 10.0 Å². The number of hydrogen-bond acceptors (Lipinski definition) is 8. The molecular weight excluding hydrogens is 657 g/mol. The van der Waals surface area contributed by atoms with Gasteiger partial charge in [-0.2, -0.15) is 4.98 Å². The minimum atomic E-state index is -4.31. The van der Waals surface area contributed by atoms with E-state index in [1.165, 1.54) is 30.2 Å². The minimum Gasteiger partial charge on any atom is -0.478 e. The summed E-state index contributed by atoms with van der Waals surface area (Å²) in [5.74, 6) is -1.36. The van der Waals surface area contributed by atoms with Crippen molar-refractivity contribution in [3.63, 3.8) is 0 Å². The van der Waals surface area contributed by atoms with Crippen LogP contribution in [0.1, 0.15) is 107 Å². The Balaban J connectivity index is 1.81. The molecule has 1 atom stereocenters. The number of aromatic nitrogens is 2. The van der Waals surface area contributed by atoms with Gasteiger partial charge in [0.2, 0.25) is 11.8 Å². The molecule has 0 saturated heterocycles. The van der Waals surface area contributed by atoms with Gasteiger partial charge >= 0.3 is 12.1 Å². The number of nitrogens with zero attached hydrogens (tertiary/aromatic N) is 2. The summed E-state index contributed by atoms with van der Waals surface area (Å²) in [5, 5.41) is 12.4. The SMILES string of the molecule is Cc1cccc(C=C2CCCCC2)c1-c1nc(NS(=O)(=O)c2cccc(C(=O)O)c2)nc(OC[C@@H](CC(C)(C)C)NC(=O)OC(C)(C)C)c1C. The Kier molecular flexibility index (Phi) is 12.0. The third kappa shape index (κ3) is 10.8. The second-order valence-corrected chi connectivity index (χ2v) is 16.8. The average Bonchev–Trinajstić information content (AvgIpc) is 3.00. The normalized spacial score (nSPS) is 14.4. The van der Waals surface area contributed by atoms with Gasteiger partial charge in [0.05, 0.1) is 22.2 Å². The quantitative estimate of drug-likeness (QED) is 0.178. The number of alkyl carbamates (subject to hydrolysis) is 1. The first kappa shape index (κ1) is 38.4. The van der Waals surface area contributed by atoms with E-state index < -0.39 is 33.7 Å². The van der Waals surface area contributed by atoms with Crippen molar-refractivity contribution in [1.29, 1.82) is 0 Å². The molecule has 1 heterocycles. The van der Waals surface area contributed by atoms with Crippen molar-refractivity contribution < 1.29 is 32.6 Å². The number of sulfonamides is 1. The topological polar surface area (TPSA) is 157 Å². The summed E-state index contributed by atoms with van der Waals surface area (Å²) in [6.07, 6.45) is 7.70. The van der Waals surface area contributed by atoms with Crippen LogP contribution in [0.25, 0.3) is 17.3 Å². The summed E-state index contributed by atoms with van der Waals surface area (Å²) in [5.41, 5.74) is 4.09. The van der Waals surface area contributed by atoms with Crippen LogP contribution in [0.2, 0.25) is 0 Å². The highest BCUT2D eigenvalue weighted by Gasteiger charge is 2.27. The highest BCUT2D eigenvalue weighted by atomic mass is 32.2. The average molecular weight is 707 g/mol. The molecule has 270 valence electrons. The predicted molar refractivity (Wildman–Crippen MR) is 195 cm³/mol. The highest BCUT2D eigenvalue weighted by Crippen LogP contribution is 2.36. The molecule has 0 radical (unpaired) electrons. The number of carbonyl (C=O) groups excluding carboxylic acids is 1. The van der Waals surface area contributed by atoms with Gasteiger partial charge in [-0.25, -0.2) is 27.7 Å². The number of benzene rings is 2. The van der Waals surface area contributed by atoms with Gasteiger partial charge in [-0.1, -0.05) is 63.1 Å². The van der Waals surface area contributed by atoms with E-state index >= 15 is 0 Å². The Labute approximate surface area is 296 Å². The van der Waals surface area contributed by atoms with Gasteiger partial charge in [-0.05, 0) is 101 Å². The molecule has 12 heteroatoms. The third-order valence-corrected chi connectivity index (χ3v) is 9.44. The monoisotopic (exact) mass is 706 g/mol. The third-order valence-electron chi connectivity index (χ3n) is 8.12. The molecule has 0 bridgehead atoms. The van der Waals surface area contributed by atoms with Crippen LogP contribution in [0.4, 0.5) is 10.7 Å². The first-order valence-corrected chi connectivity index (χ1v) is 18.5. The Morgan fingerprint density at radius 3 is 2.30 bits per heavy atom. The maximum Gasteiger partial charge on any atom is 0.407 e. The number of amides is 1. The van der Waals surface area contributed by atoms with Crippen LogP contribution < -0.4 is 14.8 Å². The van der Waals surface area contributed by atoms with Crippen LogP contribution in [-0.4, -0.2) is 53.8 Å².